The van der Waals surface area contributed by atoms with Gasteiger partial charge in [0.2, 0.25) is 0 Å². The molecule has 1 nitrogen and oxygen atoms in total. The average molecular weight is 149 g/mol. The first-order chi connectivity index (χ1) is 5.33. The highest BCUT2D eigenvalue weighted by Gasteiger charge is 2.17. The molecule has 0 heterocycles. The molecular formula is C9H16BN. The topological polar surface area (TPSA) is 23.8 Å². The van der Waals surface area contributed by atoms with Gasteiger partial charge < -0.3 is 0 Å². The molecule has 11 heavy (non-hydrogen) atoms. The molecule has 1 aliphatic rings. The van der Waals surface area contributed by atoms with Crippen LogP contribution in [0.25, 0.3) is 0 Å². The van der Waals surface area contributed by atoms with Crippen LogP contribution in [-0.4, -0.2) is 6.71 Å². The van der Waals surface area contributed by atoms with Crippen LogP contribution in [0.4, 0.5) is 0 Å². The van der Waals surface area contributed by atoms with Crippen LogP contribution >= 0.6 is 0 Å². The third-order valence-electron chi connectivity index (χ3n) is 2.63. The molecule has 0 radical (unpaired) electrons. The van der Waals surface area contributed by atoms with Crippen LogP contribution in [-0.2, 0) is 0 Å². The molecule has 0 atom stereocenters. The van der Waals surface area contributed by atoms with E-state index in [1.165, 1.54) is 32.1 Å². The summed E-state index contributed by atoms with van der Waals surface area (Å²) in [5.74, 6) is 3.17. The summed E-state index contributed by atoms with van der Waals surface area (Å²) in [6.07, 6.45) is 8.07. The molecule has 1 fully saturated rings. The average Bonchev–Trinajstić information content (AvgIpc) is 2.06. The van der Waals surface area contributed by atoms with E-state index in [4.69, 9.17) is 5.26 Å². The van der Waals surface area contributed by atoms with E-state index in [0.29, 0.717) is 0 Å². The van der Waals surface area contributed by atoms with E-state index < -0.39 is 0 Å². The zero-order chi connectivity index (χ0) is 8.10. The molecule has 0 spiro atoms. The number of hydrogen-bond donors (Lipinski definition) is 0. The van der Waals surface area contributed by atoms with Gasteiger partial charge in [0.05, 0.1) is 0 Å². The minimum atomic E-state index is 0.276. The van der Waals surface area contributed by atoms with Crippen molar-refractivity contribution in [3.8, 4) is 5.97 Å². The van der Waals surface area contributed by atoms with Crippen molar-refractivity contribution in [1.29, 1.82) is 5.26 Å². The Balaban J connectivity index is 2.20. The molecule has 1 rings (SSSR count). The lowest BCUT2D eigenvalue weighted by molar-refractivity contribution is 0.384. The van der Waals surface area contributed by atoms with Gasteiger partial charge in [-0.25, -0.2) is 5.26 Å². The first-order valence-corrected chi connectivity index (χ1v) is 4.72. The Morgan fingerprint density at radius 1 is 1.36 bits per heavy atom. The van der Waals surface area contributed by atoms with Gasteiger partial charge in [0.1, 0.15) is 0 Å². The Morgan fingerprint density at radius 2 is 2.00 bits per heavy atom. The molecule has 0 aliphatic heterocycles. The first kappa shape index (κ1) is 8.65. The molecular weight excluding hydrogens is 133 g/mol. The van der Waals surface area contributed by atoms with Crippen molar-refractivity contribution in [2.75, 3.05) is 0 Å². The second kappa shape index (κ2) is 4.44. The van der Waals surface area contributed by atoms with Gasteiger partial charge >= 0.3 is 0 Å². The lowest BCUT2D eigenvalue weighted by atomic mass is 9.48. The highest BCUT2D eigenvalue weighted by molar-refractivity contribution is 6.65. The third-order valence-corrected chi connectivity index (χ3v) is 2.63. The van der Waals surface area contributed by atoms with Crippen molar-refractivity contribution in [3.63, 3.8) is 0 Å². The predicted molar refractivity (Wildman–Crippen MR) is 48.6 cm³/mol. The minimum absolute atomic E-state index is 0.276. The number of hydrogen-bond acceptors (Lipinski definition) is 1. The Morgan fingerprint density at radius 3 is 2.55 bits per heavy atom. The number of rotatable bonds is 2. The van der Waals surface area contributed by atoms with Gasteiger partial charge in [-0.3, -0.25) is 0 Å². The molecule has 0 unspecified atom stereocenters. The molecule has 1 aliphatic carbocycles. The number of nitrogens with zero attached hydrogens (tertiary/aromatic N) is 1. The molecule has 0 bridgehead atoms. The van der Waals surface area contributed by atoms with Crippen LogP contribution < -0.4 is 0 Å². The SMILES string of the molecule is CB(C#N)CC1CCCCC1. The Kier molecular flexibility index (Phi) is 3.49. The largest absolute Gasteiger partial charge is 0.265 e. The highest BCUT2D eigenvalue weighted by atomic mass is 14.2. The monoisotopic (exact) mass is 149 g/mol. The summed E-state index contributed by atoms with van der Waals surface area (Å²) >= 11 is 0. The Labute approximate surface area is 69.9 Å². The van der Waals surface area contributed by atoms with Crippen molar-refractivity contribution in [2.24, 2.45) is 5.92 Å². The van der Waals surface area contributed by atoms with Gasteiger partial charge in [0.25, 0.3) is 6.71 Å². The smallest absolute Gasteiger partial charge is 0.213 e. The fourth-order valence-electron chi connectivity index (χ4n) is 1.98. The van der Waals surface area contributed by atoms with Gasteiger partial charge in [-0.1, -0.05) is 45.2 Å². The zero-order valence-electron chi connectivity index (χ0n) is 7.34. The maximum absolute atomic E-state index is 8.62. The molecule has 60 valence electrons. The van der Waals surface area contributed by atoms with E-state index >= 15 is 0 Å². The van der Waals surface area contributed by atoms with Crippen molar-refractivity contribution < 1.29 is 0 Å². The van der Waals surface area contributed by atoms with Crippen LogP contribution in [0.15, 0.2) is 0 Å². The second-order valence-electron chi connectivity index (χ2n) is 3.77. The minimum Gasteiger partial charge on any atom is -0.213 e. The van der Waals surface area contributed by atoms with E-state index in [-0.39, 0.29) is 6.71 Å². The van der Waals surface area contributed by atoms with Crippen LogP contribution in [0.5, 0.6) is 0 Å². The summed E-state index contributed by atoms with van der Waals surface area (Å²) in [4.78, 5) is 0. The van der Waals surface area contributed by atoms with Crippen molar-refractivity contribution in [3.05, 3.63) is 0 Å². The van der Waals surface area contributed by atoms with Gasteiger partial charge in [-0.05, 0) is 5.92 Å². The third kappa shape index (κ3) is 2.97. The van der Waals surface area contributed by atoms with Gasteiger partial charge in [-0.2, -0.15) is 0 Å². The van der Waals surface area contributed by atoms with Gasteiger partial charge in [0.15, 0.2) is 0 Å². The summed E-state index contributed by atoms with van der Waals surface area (Å²) in [6, 6.07) is 0. The van der Waals surface area contributed by atoms with E-state index in [1.54, 1.807) is 0 Å². The normalized spacial score (nSPS) is 19.3. The predicted octanol–water partition coefficient (Wildman–Crippen LogP) is 2.75. The van der Waals surface area contributed by atoms with Crippen LogP contribution in [0.2, 0.25) is 13.1 Å². The Hall–Kier alpha value is -0.445. The summed E-state index contributed by atoms with van der Waals surface area (Å²) in [5.41, 5.74) is 0. The van der Waals surface area contributed by atoms with E-state index in [9.17, 15) is 0 Å². The van der Waals surface area contributed by atoms with E-state index in [2.05, 4.69) is 5.97 Å². The molecule has 1 saturated carbocycles. The molecule has 0 aromatic carbocycles. The van der Waals surface area contributed by atoms with Gasteiger partial charge in [0, 0.05) is 5.97 Å². The van der Waals surface area contributed by atoms with E-state index in [0.717, 1.165) is 12.2 Å². The lowest BCUT2D eigenvalue weighted by Crippen LogP contribution is -2.14. The summed E-state index contributed by atoms with van der Waals surface area (Å²) < 4.78 is 0. The van der Waals surface area contributed by atoms with Gasteiger partial charge in [-0.15, -0.1) is 0 Å². The zero-order valence-corrected chi connectivity index (χ0v) is 7.34. The van der Waals surface area contributed by atoms with Crippen LogP contribution in [0.3, 0.4) is 0 Å². The lowest BCUT2D eigenvalue weighted by Gasteiger charge is -2.21. The standard InChI is InChI=1S/C9H16BN/c1-10(8-11)7-9-5-3-2-4-6-9/h9H,2-7H2,1H3. The van der Waals surface area contributed by atoms with Crippen molar-refractivity contribution in [1.82, 2.24) is 0 Å². The fraction of sp³-hybridized carbons (Fsp3) is 0.889. The molecule has 0 aromatic heterocycles. The summed E-state index contributed by atoms with van der Waals surface area (Å²) in [5, 5.41) is 8.62. The molecule has 0 aromatic rings. The first-order valence-electron chi connectivity index (χ1n) is 4.72. The molecule has 0 amide bonds. The molecule has 0 saturated heterocycles. The molecule has 0 N–H and O–H groups in total. The Bertz CT molecular complexity index is 144. The highest BCUT2D eigenvalue weighted by Crippen LogP contribution is 2.27. The second-order valence-corrected chi connectivity index (χ2v) is 3.77. The maximum atomic E-state index is 8.62. The van der Waals surface area contributed by atoms with Crippen LogP contribution in [0, 0.1) is 17.1 Å². The number of nitriles is 1. The van der Waals surface area contributed by atoms with E-state index in [1.807, 2.05) is 6.82 Å². The quantitative estimate of drug-likeness (QED) is 0.553. The van der Waals surface area contributed by atoms with Crippen LogP contribution in [0.1, 0.15) is 32.1 Å². The fourth-order valence-corrected chi connectivity index (χ4v) is 1.98. The molecule has 2 heteroatoms. The maximum Gasteiger partial charge on any atom is 0.265 e. The van der Waals surface area contributed by atoms with Crippen molar-refractivity contribution in [2.45, 2.75) is 45.2 Å². The van der Waals surface area contributed by atoms with Crippen molar-refractivity contribution >= 4 is 6.71 Å². The summed E-state index contributed by atoms with van der Waals surface area (Å²) in [7, 11) is 0. The summed E-state index contributed by atoms with van der Waals surface area (Å²) in [6.45, 7) is 2.31.